The van der Waals surface area contributed by atoms with Crippen molar-refractivity contribution in [2.45, 2.75) is 52.2 Å². The molecule has 0 amide bonds. The Labute approximate surface area is 111 Å². The third kappa shape index (κ3) is 2.25. The standard InChI is InChI=1S/C16H28O2/c1-9(2)12-7-6-10(3)14-13(8-12)11(4)16(18-5)15(14)17/h9,11-17H,3,6-8H2,1-2,4-5H3/t11-,12+,13-,14-,15-,16+/m0/s1. The van der Waals surface area contributed by atoms with E-state index in [9.17, 15) is 5.11 Å². The summed E-state index contributed by atoms with van der Waals surface area (Å²) in [6.45, 7) is 11.1. The molecule has 2 saturated carbocycles. The molecule has 18 heavy (non-hydrogen) atoms. The summed E-state index contributed by atoms with van der Waals surface area (Å²) >= 11 is 0. The van der Waals surface area contributed by atoms with Crippen LogP contribution >= 0.6 is 0 Å². The molecule has 2 fully saturated rings. The summed E-state index contributed by atoms with van der Waals surface area (Å²) in [6, 6.07) is 0. The number of rotatable bonds is 2. The van der Waals surface area contributed by atoms with E-state index in [0.717, 1.165) is 18.3 Å². The van der Waals surface area contributed by atoms with Gasteiger partial charge in [-0.15, -0.1) is 0 Å². The molecule has 0 heterocycles. The molecule has 0 unspecified atom stereocenters. The van der Waals surface area contributed by atoms with E-state index in [1.54, 1.807) is 7.11 Å². The van der Waals surface area contributed by atoms with E-state index in [-0.39, 0.29) is 18.1 Å². The largest absolute Gasteiger partial charge is 0.390 e. The monoisotopic (exact) mass is 252 g/mol. The van der Waals surface area contributed by atoms with Crippen LogP contribution in [-0.4, -0.2) is 24.4 Å². The van der Waals surface area contributed by atoms with Crippen LogP contribution in [0.15, 0.2) is 12.2 Å². The average Bonchev–Trinajstić information content (AvgIpc) is 2.47. The van der Waals surface area contributed by atoms with E-state index in [2.05, 4.69) is 27.4 Å². The molecule has 0 saturated heterocycles. The summed E-state index contributed by atoms with van der Waals surface area (Å²) in [4.78, 5) is 0. The van der Waals surface area contributed by atoms with Crippen molar-refractivity contribution in [2.24, 2.45) is 29.6 Å². The first kappa shape index (κ1) is 14.1. The van der Waals surface area contributed by atoms with Gasteiger partial charge in [-0.1, -0.05) is 32.9 Å². The van der Waals surface area contributed by atoms with E-state index < -0.39 is 0 Å². The van der Waals surface area contributed by atoms with Gasteiger partial charge in [-0.2, -0.15) is 0 Å². The smallest absolute Gasteiger partial charge is 0.0872 e. The maximum absolute atomic E-state index is 10.5. The Bertz CT molecular complexity index is 310. The van der Waals surface area contributed by atoms with Crippen LogP contribution in [0.4, 0.5) is 0 Å². The third-order valence-electron chi connectivity index (χ3n) is 5.46. The number of methoxy groups -OCH3 is 1. The van der Waals surface area contributed by atoms with E-state index in [0.29, 0.717) is 11.8 Å². The fourth-order valence-corrected chi connectivity index (χ4v) is 4.21. The van der Waals surface area contributed by atoms with Crippen molar-refractivity contribution < 1.29 is 9.84 Å². The normalized spacial score (nSPS) is 45.1. The Kier molecular flexibility index (Phi) is 4.18. The Morgan fingerprint density at radius 1 is 1.39 bits per heavy atom. The maximum atomic E-state index is 10.5. The Balaban J connectivity index is 2.24. The van der Waals surface area contributed by atoms with Gasteiger partial charge in [0.05, 0.1) is 12.2 Å². The Morgan fingerprint density at radius 2 is 2.06 bits per heavy atom. The van der Waals surface area contributed by atoms with Crippen LogP contribution < -0.4 is 0 Å². The van der Waals surface area contributed by atoms with Gasteiger partial charge < -0.3 is 9.84 Å². The van der Waals surface area contributed by atoms with Crippen molar-refractivity contribution in [1.29, 1.82) is 0 Å². The molecule has 0 radical (unpaired) electrons. The quantitative estimate of drug-likeness (QED) is 0.764. The minimum absolute atomic E-state index is 0.0114. The molecule has 2 rings (SSSR count). The van der Waals surface area contributed by atoms with Gasteiger partial charge in [-0.3, -0.25) is 0 Å². The zero-order valence-corrected chi connectivity index (χ0v) is 12.2. The van der Waals surface area contributed by atoms with Gasteiger partial charge in [-0.25, -0.2) is 0 Å². The second kappa shape index (κ2) is 5.34. The average molecular weight is 252 g/mol. The molecule has 0 aromatic heterocycles. The summed E-state index contributed by atoms with van der Waals surface area (Å²) in [7, 11) is 1.72. The van der Waals surface area contributed by atoms with Crippen LogP contribution in [0.3, 0.4) is 0 Å². The van der Waals surface area contributed by atoms with Crippen molar-refractivity contribution in [1.82, 2.24) is 0 Å². The predicted octanol–water partition coefficient (Wildman–Crippen LogP) is 3.26. The van der Waals surface area contributed by atoms with Gasteiger partial charge in [0.15, 0.2) is 0 Å². The predicted molar refractivity (Wildman–Crippen MR) is 74.3 cm³/mol. The molecule has 0 spiro atoms. The molecule has 2 heteroatoms. The molecule has 104 valence electrons. The van der Waals surface area contributed by atoms with E-state index in [1.807, 2.05) is 0 Å². The summed E-state index contributed by atoms with van der Waals surface area (Å²) < 4.78 is 5.52. The van der Waals surface area contributed by atoms with Crippen LogP contribution in [0.1, 0.15) is 40.0 Å². The second-order valence-electron chi connectivity index (χ2n) is 6.68. The number of hydrogen-bond acceptors (Lipinski definition) is 2. The first-order chi connectivity index (χ1) is 8.47. The molecular weight excluding hydrogens is 224 g/mol. The lowest BCUT2D eigenvalue weighted by Crippen LogP contribution is -2.30. The minimum atomic E-state index is -0.353. The summed E-state index contributed by atoms with van der Waals surface area (Å²) in [5.41, 5.74) is 1.25. The zero-order valence-electron chi connectivity index (χ0n) is 12.2. The minimum Gasteiger partial charge on any atom is -0.390 e. The van der Waals surface area contributed by atoms with Gasteiger partial charge in [0, 0.05) is 13.0 Å². The van der Waals surface area contributed by atoms with E-state index >= 15 is 0 Å². The maximum Gasteiger partial charge on any atom is 0.0872 e. The lowest BCUT2D eigenvalue weighted by atomic mass is 9.79. The van der Waals surface area contributed by atoms with E-state index in [4.69, 9.17) is 4.74 Å². The molecule has 6 atom stereocenters. The highest BCUT2D eigenvalue weighted by molar-refractivity contribution is 5.15. The topological polar surface area (TPSA) is 29.5 Å². The van der Waals surface area contributed by atoms with Gasteiger partial charge in [0.1, 0.15) is 0 Å². The fraction of sp³-hybridized carbons (Fsp3) is 0.875. The van der Waals surface area contributed by atoms with Crippen molar-refractivity contribution in [3.05, 3.63) is 12.2 Å². The number of hydrogen-bond donors (Lipinski definition) is 1. The molecular formula is C16H28O2. The molecule has 2 aliphatic rings. The molecule has 2 aliphatic carbocycles. The first-order valence-electron chi connectivity index (χ1n) is 7.35. The molecule has 0 aromatic rings. The van der Waals surface area contributed by atoms with E-state index in [1.165, 1.54) is 18.4 Å². The molecule has 2 nitrogen and oxygen atoms in total. The Morgan fingerprint density at radius 3 is 2.61 bits per heavy atom. The highest BCUT2D eigenvalue weighted by Gasteiger charge is 2.50. The summed E-state index contributed by atoms with van der Waals surface area (Å²) in [6.07, 6.45) is 3.17. The fourth-order valence-electron chi connectivity index (χ4n) is 4.21. The second-order valence-corrected chi connectivity index (χ2v) is 6.68. The first-order valence-corrected chi connectivity index (χ1v) is 7.35. The van der Waals surface area contributed by atoms with Crippen LogP contribution in [0.25, 0.3) is 0 Å². The van der Waals surface area contributed by atoms with Crippen molar-refractivity contribution in [3.8, 4) is 0 Å². The van der Waals surface area contributed by atoms with Crippen LogP contribution in [-0.2, 0) is 4.74 Å². The molecule has 0 bridgehead atoms. The van der Waals surface area contributed by atoms with Crippen LogP contribution in [0.2, 0.25) is 0 Å². The number of ether oxygens (including phenoxy) is 1. The van der Waals surface area contributed by atoms with Crippen LogP contribution in [0.5, 0.6) is 0 Å². The zero-order chi connectivity index (χ0) is 13.4. The van der Waals surface area contributed by atoms with Gasteiger partial charge in [-0.05, 0) is 42.9 Å². The van der Waals surface area contributed by atoms with Gasteiger partial charge in [0.25, 0.3) is 0 Å². The number of fused-ring (bicyclic) bond motifs is 1. The molecule has 1 N–H and O–H groups in total. The Hall–Kier alpha value is -0.340. The highest BCUT2D eigenvalue weighted by Crippen LogP contribution is 2.50. The third-order valence-corrected chi connectivity index (χ3v) is 5.46. The van der Waals surface area contributed by atoms with Crippen LogP contribution in [0, 0.1) is 29.6 Å². The summed E-state index contributed by atoms with van der Waals surface area (Å²) in [5, 5.41) is 10.5. The molecule has 0 aliphatic heterocycles. The van der Waals surface area contributed by atoms with Gasteiger partial charge in [0.2, 0.25) is 0 Å². The van der Waals surface area contributed by atoms with Gasteiger partial charge >= 0.3 is 0 Å². The summed E-state index contributed by atoms with van der Waals surface area (Å²) in [5.74, 6) is 2.73. The number of aliphatic hydroxyl groups is 1. The SMILES string of the molecule is C=C1CC[C@@H](C(C)C)C[C@H]2[C@H](C)[C@@H](OC)[C@@H](O)[C@@H]12. The van der Waals surface area contributed by atoms with Crippen molar-refractivity contribution >= 4 is 0 Å². The van der Waals surface area contributed by atoms with Crippen molar-refractivity contribution in [3.63, 3.8) is 0 Å². The highest BCUT2D eigenvalue weighted by atomic mass is 16.5. The number of aliphatic hydroxyl groups excluding tert-OH is 1. The lowest BCUT2D eigenvalue weighted by Gasteiger charge is -2.26. The van der Waals surface area contributed by atoms with Crippen molar-refractivity contribution in [2.75, 3.05) is 7.11 Å². The lowest BCUT2D eigenvalue weighted by molar-refractivity contribution is -0.0192. The molecule has 0 aromatic carbocycles.